The molecule has 0 aliphatic rings. The highest BCUT2D eigenvalue weighted by Crippen LogP contribution is 2.10. The predicted molar refractivity (Wildman–Crippen MR) is 40.2 cm³/mol. The zero-order valence-electron chi connectivity index (χ0n) is 6.16. The highest BCUT2D eigenvalue weighted by molar-refractivity contribution is 5.75. The molecule has 1 aromatic heterocycles. The lowest BCUT2D eigenvalue weighted by Crippen LogP contribution is -2.24. The molecule has 0 saturated carbocycles. The predicted octanol–water partition coefficient (Wildman–Crippen LogP) is 0.360. The average molecular weight is 154 g/mol. The van der Waals surface area contributed by atoms with Crippen molar-refractivity contribution in [3.8, 4) is 0 Å². The third-order valence-electron chi connectivity index (χ3n) is 1.49. The summed E-state index contributed by atoms with van der Waals surface area (Å²) < 4.78 is 0. The van der Waals surface area contributed by atoms with Crippen molar-refractivity contribution in [3.05, 3.63) is 24.0 Å². The van der Waals surface area contributed by atoms with Gasteiger partial charge in [-0.25, -0.2) is 0 Å². The van der Waals surface area contributed by atoms with Crippen LogP contribution in [0.1, 0.15) is 11.6 Å². The Bertz CT molecular complexity index is 231. The summed E-state index contributed by atoms with van der Waals surface area (Å²) in [5.41, 5.74) is 0.736. The number of carbonyl (C=O) groups is 1. The first-order valence-corrected chi connectivity index (χ1v) is 3.28. The van der Waals surface area contributed by atoms with Gasteiger partial charge in [0.2, 0.25) is 0 Å². The quantitative estimate of drug-likeness (QED) is 0.589. The molecule has 0 saturated heterocycles. The largest absolute Gasteiger partial charge is 0.480 e. The molecular formula is C7H10N2O2. The number of aromatic amines is 1. The van der Waals surface area contributed by atoms with Crippen molar-refractivity contribution < 1.29 is 9.90 Å². The van der Waals surface area contributed by atoms with E-state index in [4.69, 9.17) is 5.11 Å². The van der Waals surface area contributed by atoms with E-state index in [9.17, 15) is 4.79 Å². The van der Waals surface area contributed by atoms with Crippen LogP contribution in [0.5, 0.6) is 0 Å². The van der Waals surface area contributed by atoms with E-state index in [0.717, 1.165) is 5.56 Å². The second kappa shape index (κ2) is 3.21. The van der Waals surface area contributed by atoms with Gasteiger partial charge in [0.1, 0.15) is 6.04 Å². The third-order valence-corrected chi connectivity index (χ3v) is 1.49. The van der Waals surface area contributed by atoms with Gasteiger partial charge >= 0.3 is 5.97 Å². The lowest BCUT2D eigenvalue weighted by atomic mass is 10.1. The van der Waals surface area contributed by atoms with Gasteiger partial charge < -0.3 is 15.4 Å². The first-order valence-electron chi connectivity index (χ1n) is 3.28. The molecule has 1 unspecified atom stereocenters. The number of hydrogen-bond donors (Lipinski definition) is 3. The Labute approximate surface area is 64.2 Å². The number of nitrogens with one attached hydrogen (secondary N) is 2. The number of aliphatic carboxylic acids is 1. The van der Waals surface area contributed by atoms with Crippen LogP contribution in [-0.2, 0) is 4.79 Å². The topological polar surface area (TPSA) is 65.1 Å². The monoisotopic (exact) mass is 154 g/mol. The van der Waals surface area contributed by atoms with Gasteiger partial charge in [-0.1, -0.05) is 0 Å². The van der Waals surface area contributed by atoms with E-state index < -0.39 is 12.0 Å². The van der Waals surface area contributed by atoms with Crippen LogP contribution in [0.3, 0.4) is 0 Å². The molecule has 11 heavy (non-hydrogen) atoms. The summed E-state index contributed by atoms with van der Waals surface area (Å²) in [7, 11) is 1.62. The molecule has 1 aromatic rings. The van der Waals surface area contributed by atoms with Crippen molar-refractivity contribution in [1.82, 2.24) is 10.3 Å². The fourth-order valence-electron chi connectivity index (χ4n) is 0.949. The molecule has 4 heteroatoms. The molecule has 1 heterocycles. The van der Waals surface area contributed by atoms with Gasteiger partial charge in [-0.05, 0) is 18.7 Å². The second-order valence-corrected chi connectivity index (χ2v) is 2.20. The molecule has 0 aromatic carbocycles. The van der Waals surface area contributed by atoms with E-state index in [1.807, 2.05) is 0 Å². The van der Waals surface area contributed by atoms with Gasteiger partial charge in [0.25, 0.3) is 0 Å². The van der Waals surface area contributed by atoms with Crippen LogP contribution >= 0.6 is 0 Å². The van der Waals surface area contributed by atoms with Crippen LogP contribution in [-0.4, -0.2) is 23.1 Å². The molecule has 0 fully saturated rings. The van der Waals surface area contributed by atoms with E-state index >= 15 is 0 Å². The summed E-state index contributed by atoms with van der Waals surface area (Å²) in [6.07, 6.45) is 3.36. The second-order valence-electron chi connectivity index (χ2n) is 2.20. The fraction of sp³-hybridized carbons (Fsp3) is 0.286. The fourth-order valence-corrected chi connectivity index (χ4v) is 0.949. The molecule has 0 spiro atoms. The number of hydrogen-bond acceptors (Lipinski definition) is 2. The van der Waals surface area contributed by atoms with E-state index in [0.29, 0.717) is 0 Å². The maximum Gasteiger partial charge on any atom is 0.325 e. The third kappa shape index (κ3) is 1.59. The number of rotatable bonds is 3. The summed E-state index contributed by atoms with van der Waals surface area (Å²) in [5, 5.41) is 11.4. The molecule has 1 rings (SSSR count). The number of H-pyrrole nitrogens is 1. The minimum absolute atomic E-state index is 0.610. The van der Waals surface area contributed by atoms with Crippen LogP contribution in [0, 0.1) is 0 Å². The van der Waals surface area contributed by atoms with Crippen LogP contribution in [0.25, 0.3) is 0 Å². The zero-order chi connectivity index (χ0) is 8.27. The number of likely N-dealkylation sites (N-methyl/N-ethyl adjacent to an activating group) is 1. The molecule has 4 nitrogen and oxygen atoms in total. The molecule has 0 bridgehead atoms. The van der Waals surface area contributed by atoms with Crippen molar-refractivity contribution in [2.45, 2.75) is 6.04 Å². The Hall–Kier alpha value is -1.29. The molecule has 60 valence electrons. The molecule has 1 atom stereocenters. The SMILES string of the molecule is CNC(C(=O)O)c1cc[nH]c1. The van der Waals surface area contributed by atoms with Crippen LogP contribution in [0.4, 0.5) is 0 Å². The van der Waals surface area contributed by atoms with Gasteiger partial charge in [0, 0.05) is 12.4 Å². The standard InChI is InChI=1S/C7H10N2O2/c1-8-6(7(10)11)5-2-3-9-4-5/h2-4,6,8-9H,1H3,(H,10,11). The minimum Gasteiger partial charge on any atom is -0.480 e. The Morgan fingerprint density at radius 2 is 2.55 bits per heavy atom. The van der Waals surface area contributed by atoms with Crippen LogP contribution < -0.4 is 5.32 Å². The molecule has 0 aliphatic carbocycles. The first kappa shape index (κ1) is 7.81. The summed E-state index contributed by atoms with van der Waals surface area (Å²) >= 11 is 0. The first-order chi connectivity index (χ1) is 5.25. The van der Waals surface area contributed by atoms with Gasteiger partial charge in [-0.3, -0.25) is 4.79 Å². The lowest BCUT2D eigenvalue weighted by molar-refractivity contribution is -0.139. The van der Waals surface area contributed by atoms with Gasteiger partial charge in [0.05, 0.1) is 0 Å². The van der Waals surface area contributed by atoms with E-state index in [1.54, 1.807) is 25.5 Å². The number of carboxylic acid groups (broad SMARTS) is 1. The zero-order valence-corrected chi connectivity index (χ0v) is 6.16. The molecule has 0 amide bonds. The smallest absolute Gasteiger partial charge is 0.325 e. The van der Waals surface area contributed by atoms with Crippen molar-refractivity contribution >= 4 is 5.97 Å². The van der Waals surface area contributed by atoms with Gasteiger partial charge in [-0.15, -0.1) is 0 Å². The van der Waals surface area contributed by atoms with Crippen molar-refractivity contribution in [1.29, 1.82) is 0 Å². The highest BCUT2D eigenvalue weighted by Gasteiger charge is 2.16. The van der Waals surface area contributed by atoms with Crippen molar-refractivity contribution in [2.75, 3.05) is 7.05 Å². The normalized spacial score (nSPS) is 12.8. The Kier molecular flexibility index (Phi) is 2.28. The Morgan fingerprint density at radius 1 is 1.82 bits per heavy atom. The summed E-state index contributed by atoms with van der Waals surface area (Å²) in [5.74, 6) is -0.868. The van der Waals surface area contributed by atoms with Gasteiger partial charge in [0.15, 0.2) is 0 Å². The summed E-state index contributed by atoms with van der Waals surface area (Å²) in [6.45, 7) is 0. The van der Waals surface area contributed by atoms with Crippen LogP contribution in [0.15, 0.2) is 18.5 Å². The van der Waals surface area contributed by atoms with Crippen LogP contribution in [0.2, 0.25) is 0 Å². The number of carboxylic acids is 1. The summed E-state index contributed by atoms with van der Waals surface area (Å²) in [6, 6.07) is 1.12. The average Bonchev–Trinajstić information content (AvgIpc) is 2.40. The molecular weight excluding hydrogens is 144 g/mol. The van der Waals surface area contributed by atoms with E-state index in [-0.39, 0.29) is 0 Å². The summed E-state index contributed by atoms with van der Waals surface area (Å²) in [4.78, 5) is 13.3. The van der Waals surface area contributed by atoms with Gasteiger partial charge in [-0.2, -0.15) is 0 Å². The lowest BCUT2D eigenvalue weighted by Gasteiger charge is -2.07. The molecule has 3 N–H and O–H groups in total. The van der Waals surface area contributed by atoms with E-state index in [1.165, 1.54) is 0 Å². The maximum absolute atomic E-state index is 10.6. The van der Waals surface area contributed by atoms with E-state index in [2.05, 4.69) is 10.3 Å². The van der Waals surface area contributed by atoms with Crippen molar-refractivity contribution in [3.63, 3.8) is 0 Å². The van der Waals surface area contributed by atoms with Crippen molar-refractivity contribution in [2.24, 2.45) is 0 Å². The maximum atomic E-state index is 10.6. The molecule has 0 radical (unpaired) electrons. The Balaban J connectivity index is 2.79. The molecule has 0 aliphatic heterocycles. The minimum atomic E-state index is -0.868. The highest BCUT2D eigenvalue weighted by atomic mass is 16.4. The Morgan fingerprint density at radius 3 is 2.91 bits per heavy atom. The number of aromatic nitrogens is 1.